The van der Waals surface area contributed by atoms with Gasteiger partial charge in [-0.2, -0.15) is 0 Å². The molecule has 1 heterocycles. The van der Waals surface area contributed by atoms with Crippen LogP contribution in [0.5, 0.6) is 5.75 Å². The van der Waals surface area contributed by atoms with E-state index in [0.717, 1.165) is 16.3 Å². The third-order valence-electron chi connectivity index (χ3n) is 2.74. The Morgan fingerprint density at radius 3 is 2.76 bits per heavy atom. The van der Waals surface area contributed by atoms with Crippen LogP contribution in [0.4, 0.5) is 0 Å². The van der Waals surface area contributed by atoms with E-state index in [1.807, 2.05) is 24.7 Å². The lowest BCUT2D eigenvalue weighted by Crippen LogP contribution is -2.17. The maximum absolute atomic E-state index is 5.27. The lowest BCUT2D eigenvalue weighted by atomic mass is 10.0. The molecule has 0 fully saturated rings. The summed E-state index contributed by atoms with van der Waals surface area (Å²) in [5.41, 5.74) is 2.35. The molecule has 0 spiro atoms. The molecule has 0 aliphatic carbocycles. The molecule has 0 amide bonds. The topological polar surface area (TPSA) is 34.1 Å². The first kappa shape index (κ1) is 12.1. The Bertz CT molecular complexity index is 482. The second kappa shape index (κ2) is 5.29. The summed E-state index contributed by atoms with van der Waals surface area (Å²) >= 11 is 1.66. The molecule has 1 N–H and O–H groups in total. The van der Waals surface area contributed by atoms with Crippen LogP contribution in [-0.4, -0.2) is 19.1 Å². The average molecular weight is 248 g/mol. The Hall–Kier alpha value is -1.39. The number of hydrogen-bond donors (Lipinski definition) is 1. The van der Waals surface area contributed by atoms with Gasteiger partial charge in [-0.15, -0.1) is 11.3 Å². The molecule has 0 aliphatic rings. The van der Waals surface area contributed by atoms with Gasteiger partial charge in [0, 0.05) is 11.6 Å². The summed E-state index contributed by atoms with van der Waals surface area (Å²) in [6, 6.07) is 6.37. The molecule has 0 bridgehead atoms. The number of nitrogens with one attached hydrogen (secondary N) is 1. The zero-order valence-electron chi connectivity index (χ0n) is 10.2. The molecule has 0 aliphatic heterocycles. The Labute approximate surface area is 105 Å². The molecule has 1 unspecified atom stereocenters. The quantitative estimate of drug-likeness (QED) is 0.903. The zero-order chi connectivity index (χ0) is 12.3. The number of hydrogen-bond acceptors (Lipinski definition) is 4. The standard InChI is InChI=1S/C13H16N2OS/c1-9-8-10(4-5-11(9)16-3)12(14-2)13-15-6-7-17-13/h4-8,12,14H,1-3H3. The maximum atomic E-state index is 5.27. The van der Waals surface area contributed by atoms with Crippen molar-refractivity contribution in [3.8, 4) is 5.75 Å². The predicted octanol–water partition coefficient (Wildman–Crippen LogP) is 2.77. The van der Waals surface area contributed by atoms with Crippen molar-refractivity contribution in [1.29, 1.82) is 0 Å². The molecule has 2 rings (SSSR count). The van der Waals surface area contributed by atoms with Gasteiger partial charge in [-0.05, 0) is 31.2 Å². The highest BCUT2D eigenvalue weighted by atomic mass is 32.1. The van der Waals surface area contributed by atoms with Crippen LogP contribution < -0.4 is 10.1 Å². The molecule has 0 radical (unpaired) electrons. The zero-order valence-corrected chi connectivity index (χ0v) is 11.0. The summed E-state index contributed by atoms with van der Waals surface area (Å²) in [4.78, 5) is 4.36. The Balaban J connectivity index is 2.35. The van der Waals surface area contributed by atoms with Crippen molar-refractivity contribution >= 4 is 11.3 Å². The van der Waals surface area contributed by atoms with Crippen LogP contribution >= 0.6 is 11.3 Å². The maximum Gasteiger partial charge on any atom is 0.121 e. The molecule has 90 valence electrons. The number of thiazole rings is 1. The van der Waals surface area contributed by atoms with Crippen LogP contribution in [0.15, 0.2) is 29.8 Å². The number of benzene rings is 1. The highest BCUT2D eigenvalue weighted by Crippen LogP contribution is 2.27. The van der Waals surface area contributed by atoms with Crippen LogP contribution in [0.2, 0.25) is 0 Å². The number of methoxy groups -OCH3 is 1. The van der Waals surface area contributed by atoms with Crippen molar-refractivity contribution in [2.75, 3.05) is 14.2 Å². The smallest absolute Gasteiger partial charge is 0.121 e. The average Bonchev–Trinajstić information content (AvgIpc) is 2.84. The minimum atomic E-state index is 0.152. The Kier molecular flexibility index (Phi) is 3.76. The van der Waals surface area contributed by atoms with Gasteiger partial charge in [-0.25, -0.2) is 4.98 Å². The number of aromatic nitrogens is 1. The summed E-state index contributed by atoms with van der Waals surface area (Å²) in [6.07, 6.45) is 1.83. The van der Waals surface area contributed by atoms with E-state index in [4.69, 9.17) is 4.74 Å². The van der Waals surface area contributed by atoms with Crippen LogP contribution in [0, 0.1) is 6.92 Å². The Morgan fingerprint density at radius 1 is 1.41 bits per heavy atom. The van der Waals surface area contributed by atoms with Gasteiger partial charge < -0.3 is 10.1 Å². The molecule has 4 heteroatoms. The number of aryl methyl sites for hydroxylation is 1. The van der Waals surface area contributed by atoms with E-state index in [1.54, 1.807) is 18.4 Å². The van der Waals surface area contributed by atoms with Crippen molar-refractivity contribution in [3.05, 3.63) is 45.9 Å². The summed E-state index contributed by atoms with van der Waals surface area (Å²) in [7, 11) is 3.64. The summed E-state index contributed by atoms with van der Waals surface area (Å²) in [5, 5.41) is 6.37. The fraction of sp³-hybridized carbons (Fsp3) is 0.308. The second-order valence-electron chi connectivity index (χ2n) is 3.82. The third-order valence-corrected chi connectivity index (χ3v) is 3.58. The SMILES string of the molecule is CNC(c1ccc(OC)c(C)c1)c1nccs1. The minimum absolute atomic E-state index is 0.152. The minimum Gasteiger partial charge on any atom is -0.496 e. The van der Waals surface area contributed by atoms with Crippen molar-refractivity contribution in [2.45, 2.75) is 13.0 Å². The summed E-state index contributed by atoms with van der Waals surface area (Å²) < 4.78 is 5.27. The van der Waals surface area contributed by atoms with Crippen molar-refractivity contribution in [2.24, 2.45) is 0 Å². The predicted molar refractivity (Wildman–Crippen MR) is 70.7 cm³/mol. The number of rotatable bonds is 4. The number of ether oxygens (including phenoxy) is 1. The molecule has 17 heavy (non-hydrogen) atoms. The van der Waals surface area contributed by atoms with Crippen LogP contribution in [0.25, 0.3) is 0 Å². The van der Waals surface area contributed by atoms with Crippen LogP contribution in [0.1, 0.15) is 22.2 Å². The van der Waals surface area contributed by atoms with Crippen molar-refractivity contribution in [3.63, 3.8) is 0 Å². The van der Waals surface area contributed by atoms with E-state index < -0.39 is 0 Å². The second-order valence-corrected chi connectivity index (χ2v) is 4.75. The van der Waals surface area contributed by atoms with E-state index in [0.29, 0.717) is 0 Å². The molecule has 1 atom stereocenters. The largest absolute Gasteiger partial charge is 0.496 e. The van der Waals surface area contributed by atoms with E-state index in [-0.39, 0.29) is 6.04 Å². The third kappa shape index (κ3) is 2.48. The van der Waals surface area contributed by atoms with Gasteiger partial charge in [0.05, 0.1) is 13.2 Å². The molecule has 2 aromatic rings. The molecule has 1 aromatic heterocycles. The van der Waals surface area contributed by atoms with Crippen molar-refractivity contribution in [1.82, 2.24) is 10.3 Å². The molecule has 0 saturated carbocycles. The first-order valence-corrected chi connectivity index (χ1v) is 6.35. The lowest BCUT2D eigenvalue weighted by molar-refractivity contribution is 0.411. The van der Waals surface area contributed by atoms with E-state index in [2.05, 4.69) is 29.4 Å². The van der Waals surface area contributed by atoms with Gasteiger partial charge >= 0.3 is 0 Å². The van der Waals surface area contributed by atoms with Gasteiger partial charge in [0.15, 0.2) is 0 Å². The highest BCUT2D eigenvalue weighted by molar-refractivity contribution is 7.09. The van der Waals surface area contributed by atoms with E-state index >= 15 is 0 Å². The Morgan fingerprint density at radius 2 is 2.24 bits per heavy atom. The summed E-state index contributed by atoms with van der Waals surface area (Å²) in [5.74, 6) is 0.919. The number of nitrogens with zero attached hydrogens (tertiary/aromatic N) is 1. The first-order chi connectivity index (χ1) is 8.26. The van der Waals surface area contributed by atoms with Crippen molar-refractivity contribution < 1.29 is 4.74 Å². The lowest BCUT2D eigenvalue weighted by Gasteiger charge is -2.15. The normalized spacial score (nSPS) is 12.4. The van der Waals surface area contributed by atoms with E-state index in [1.165, 1.54) is 5.56 Å². The molecular formula is C13H16N2OS. The van der Waals surface area contributed by atoms with Gasteiger partial charge in [0.1, 0.15) is 10.8 Å². The van der Waals surface area contributed by atoms with Gasteiger partial charge in [0.2, 0.25) is 0 Å². The molecule has 1 aromatic carbocycles. The molecule has 3 nitrogen and oxygen atoms in total. The van der Waals surface area contributed by atoms with E-state index in [9.17, 15) is 0 Å². The monoisotopic (exact) mass is 248 g/mol. The fourth-order valence-corrected chi connectivity index (χ4v) is 2.66. The van der Waals surface area contributed by atoms with Crippen LogP contribution in [-0.2, 0) is 0 Å². The molecule has 0 saturated heterocycles. The van der Waals surface area contributed by atoms with Crippen LogP contribution in [0.3, 0.4) is 0 Å². The van der Waals surface area contributed by atoms with Gasteiger partial charge in [0.25, 0.3) is 0 Å². The van der Waals surface area contributed by atoms with Gasteiger partial charge in [-0.1, -0.05) is 12.1 Å². The van der Waals surface area contributed by atoms with Gasteiger partial charge in [-0.3, -0.25) is 0 Å². The summed E-state index contributed by atoms with van der Waals surface area (Å²) in [6.45, 7) is 2.05. The fourth-order valence-electron chi connectivity index (χ4n) is 1.89. The highest BCUT2D eigenvalue weighted by Gasteiger charge is 2.15. The first-order valence-electron chi connectivity index (χ1n) is 5.47. The molecular weight excluding hydrogens is 232 g/mol.